The molecule has 0 atom stereocenters. The Kier molecular flexibility index (Phi) is 16.1. The molecule has 2 aromatic heterocycles. The Morgan fingerprint density at radius 1 is 0.745 bits per heavy atom. The van der Waals surface area contributed by atoms with E-state index >= 15 is 0 Å². The molecule has 0 saturated heterocycles. The van der Waals surface area contributed by atoms with Crippen LogP contribution < -0.4 is 27.0 Å². The maximum absolute atomic E-state index is 12.6. The van der Waals surface area contributed by atoms with Gasteiger partial charge in [0.1, 0.15) is 24.5 Å². The molecule has 5 rings (SSSR count). The van der Waals surface area contributed by atoms with Crippen molar-refractivity contribution in [1.82, 2.24) is 20.6 Å². The molecule has 55 heavy (non-hydrogen) atoms. The average Bonchev–Trinajstić information content (AvgIpc) is 3.18. The normalized spacial score (nSPS) is 11.3. The number of carbonyl (C=O) groups excluding carboxylic acids is 2. The van der Waals surface area contributed by atoms with E-state index in [-0.39, 0.29) is 18.4 Å². The number of nitrogens with one attached hydrogen (secondary N) is 2. The molecule has 3 aromatic carbocycles. The maximum Gasteiger partial charge on any atom is 0.251 e. The van der Waals surface area contributed by atoms with Gasteiger partial charge in [-0.05, 0) is 104 Å². The number of carbonyl (C=O) groups is 2. The molecule has 0 aliphatic heterocycles. The summed E-state index contributed by atoms with van der Waals surface area (Å²) in [7, 11) is 0. The van der Waals surface area contributed by atoms with Gasteiger partial charge < -0.3 is 35.3 Å². The van der Waals surface area contributed by atoms with Crippen LogP contribution in [0.2, 0.25) is 0 Å². The number of hydrogen-bond acceptors (Lipinski definition) is 11. The Morgan fingerprint density at radius 3 is 2.16 bits per heavy atom. The van der Waals surface area contributed by atoms with Gasteiger partial charge in [-0.2, -0.15) is 0 Å². The third-order valence-electron chi connectivity index (χ3n) is 8.99. The van der Waals surface area contributed by atoms with E-state index in [1.807, 2.05) is 36.5 Å². The summed E-state index contributed by atoms with van der Waals surface area (Å²) < 4.78 is 22.6. The molecule has 13 heteroatoms. The van der Waals surface area contributed by atoms with E-state index in [1.165, 1.54) is 11.1 Å². The van der Waals surface area contributed by atoms with Crippen molar-refractivity contribution in [2.75, 3.05) is 65.1 Å². The number of nitrogens with zero attached hydrogens (tertiary/aromatic N) is 2. The fourth-order valence-electron chi connectivity index (χ4n) is 5.98. The SMILES string of the molecule is Cc1ccc2c(c1)nc(N)c1ncc(CCc3ccc(OCc4ccc(C(=O)NCCCOCCOCCOCCCNC(=O)CON)cc4)cc3C)cc12. The maximum atomic E-state index is 12.6. The molecular weight excluding hydrogens is 700 g/mol. The monoisotopic (exact) mass is 752 g/mol. The summed E-state index contributed by atoms with van der Waals surface area (Å²) in [5, 5.41) is 7.69. The van der Waals surface area contributed by atoms with Gasteiger partial charge in [0, 0.05) is 48.8 Å². The molecule has 0 spiro atoms. The van der Waals surface area contributed by atoms with E-state index in [0.29, 0.717) is 83.6 Å². The molecule has 5 aromatic rings. The summed E-state index contributed by atoms with van der Waals surface area (Å²) in [6, 6.07) is 22.1. The van der Waals surface area contributed by atoms with Gasteiger partial charge in [-0.15, -0.1) is 0 Å². The molecule has 13 nitrogen and oxygen atoms in total. The Hall–Kier alpha value is -5.18. The molecule has 0 aliphatic rings. The molecule has 0 bridgehead atoms. The number of pyridine rings is 2. The van der Waals surface area contributed by atoms with Gasteiger partial charge in [0.2, 0.25) is 5.91 Å². The van der Waals surface area contributed by atoms with Crippen molar-refractivity contribution < 1.29 is 33.4 Å². The number of rotatable bonds is 23. The van der Waals surface area contributed by atoms with Gasteiger partial charge in [-0.3, -0.25) is 19.4 Å². The standard InChI is InChI=1S/C42H52N6O7/c1-29-5-14-36-37-25-32(26-47-40(37)41(43)48-38(36)23-29)8-9-33-12-13-35(24-30(33)2)54-27-31-6-10-34(11-7-31)42(50)46-16-4-18-52-20-22-53-21-19-51-17-3-15-45-39(49)28-55-44/h5-7,10-14,23-26H,3-4,8-9,15-22,27-28,44H2,1-2H3,(H2,43,48)(H,45,49)(H,46,50). The molecule has 2 heterocycles. The van der Waals surface area contributed by atoms with Crippen molar-refractivity contribution in [2.24, 2.45) is 5.90 Å². The third kappa shape index (κ3) is 13.0. The summed E-state index contributed by atoms with van der Waals surface area (Å²) in [5.41, 5.74) is 14.2. The summed E-state index contributed by atoms with van der Waals surface area (Å²) in [6.07, 6.45) is 5.00. The van der Waals surface area contributed by atoms with Crippen LogP contribution in [-0.4, -0.2) is 81.1 Å². The zero-order valence-corrected chi connectivity index (χ0v) is 31.7. The zero-order valence-electron chi connectivity index (χ0n) is 31.7. The number of fused-ring (bicyclic) bond motifs is 3. The lowest BCUT2D eigenvalue weighted by Gasteiger charge is -2.12. The number of nitrogens with two attached hydrogens (primary N) is 2. The van der Waals surface area contributed by atoms with Crippen molar-refractivity contribution in [3.63, 3.8) is 0 Å². The number of ether oxygens (including phenoxy) is 4. The van der Waals surface area contributed by atoms with Crippen LogP contribution in [0, 0.1) is 13.8 Å². The molecule has 2 amide bonds. The lowest BCUT2D eigenvalue weighted by Crippen LogP contribution is -2.30. The van der Waals surface area contributed by atoms with Crippen LogP contribution in [0.15, 0.2) is 72.9 Å². The summed E-state index contributed by atoms with van der Waals surface area (Å²) >= 11 is 0. The number of aromatic nitrogens is 2. The Bertz CT molecular complexity index is 2010. The number of hydrogen-bond donors (Lipinski definition) is 4. The number of amides is 2. The minimum Gasteiger partial charge on any atom is -0.489 e. The first-order valence-electron chi connectivity index (χ1n) is 18.7. The topological polar surface area (TPSA) is 182 Å². The van der Waals surface area contributed by atoms with Gasteiger partial charge in [0.15, 0.2) is 5.82 Å². The highest BCUT2D eigenvalue weighted by Gasteiger charge is 2.11. The van der Waals surface area contributed by atoms with E-state index < -0.39 is 0 Å². The lowest BCUT2D eigenvalue weighted by atomic mass is 9.99. The van der Waals surface area contributed by atoms with Crippen molar-refractivity contribution in [3.8, 4) is 5.75 Å². The van der Waals surface area contributed by atoms with Gasteiger partial charge in [-0.25, -0.2) is 10.9 Å². The number of aryl methyl sites for hydroxylation is 4. The fraction of sp³-hybridized carbons (Fsp3) is 0.381. The van der Waals surface area contributed by atoms with Crippen molar-refractivity contribution >= 4 is 39.4 Å². The first-order valence-corrected chi connectivity index (χ1v) is 18.7. The second-order valence-electron chi connectivity index (χ2n) is 13.3. The van der Waals surface area contributed by atoms with E-state index in [4.69, 9.17) is 30.6 Å². The summed E-state index contributed by atoms with van der Waals surface area (Å²) in [5.74, 6) is 5.71. The predicted molar refractivity (Wildman–Crippen MR) is 213 cm³/mol. The van der Waals surface area contributed by atoms with Crippen LogP contribution >= 0.6 is 0 Å². The minimum absolute atomic E-state index is 0.127. The van der Waals surface area contributed by atoms with E-state index in [0.717, 1.165) is 57.1 Å². The van der Waals surface area contributed by atoms with Crippen LogP contribution in [0.1, 0.15) is 51.0 Å². The lowest BCUT2D eigenvalue weighted by molar-refractivity contribution is -0.125. The van der Waals surface area contributed by atoms with Crippen molar-refractivity contribution in [2.45, 2.75) is 46.1 Å². The predicted octanol–water partition coefficient (Wildman–Crippen LogP) is 4.91. The highest BCUT2D eigenvalue weighted by atomic mass is 16.6. The van der Waals surface area contributed by atoms with Crippen LogP contribution in [-0.2, 0) is 43.3 Å². The highest BCUT2D eigenvalue weighted by molar-refractivity contribution is 6.08. The molecule has 0 unspecified atom stereocenters. The summed E-state index contributed by atoms with van der Waals surface area (Å²) in [4.78, 5) is 37.3. The Morgan fingerprint density at radius 2 is 1.45 bits per heavy atom. The quantitative estimate of drug-likeness (QED) is 0.0404. The molecule has 0 saturated carbocycles. The first kappa shape index (κ1) is 41.0. The summed E-state index contributed by atoms with van der Waals surface area (Å²) in [6.45, 7) is 8.31. The second-order valence-corrected chi connectivity index (χ2v) is 13.3. The largest absolute Gasteiger partial charge is 0.489 e. The smallest absolute Gasteiger partial charge is 0.251 e. The van der Waals surface area contributed by atoms with Gasteiger partial charge >= 0.3 is 0 Å². The van der Waals surface area contributed by atoms with Gasteiger partial charge in [0.25, 0.3) is 5.91 Å². The van der Waals surface area contributed by atoms with Crippen LogP contribution in [0.5, 0.6) is 5.75 Å². The van der Waals surface area contributed by atoms with Crippen molar-refractivity contribution in [3.05, 3.63) is 106 Å². The van der Waals surface area contributed by atoms with Crippen LogP contribution in [0.4, 0.5) is 5.82 Å². The Labute approximate surface area is 322 Å². The Balaban J connectivity index is 0.937. The van der Waals surface area contributed by atoms with Crippen LogP contribution in [0.3, 0.4) is 0 Å². The molecule has 0 radical (unpaired) electrons. The van der Waals surface area contributed by atoms with E-state index in [2.05, 4.69) is 75.7 Å². The number of nitrogen functional groups attached to an aromatic ring is 1. The van der Waals surface area contributed by atoms with E-state index in [1.54, 1.807) is 0 Å². The first-order chi connectivity index (χ1) is 26.8. The average molecular weight is 753 g/mol. The molecule has 0 aliphatic carbocycles. The fourth-order valence-corrected chi connectivity index (χ4v) is 5.98. The molecule has 6 N–H and O–H groups in total. The molecule has 292 valence electrons. The molecule has 0 fully saturated rings. The molecular formula is C42H52N6O7. The minimum atomic E-state index is -0.256. The highest BCUT2D eigenvalue weighted by Crippen LogP contribution is 2.28. The number of benzene rings is 3. The third-order valence-corrected chi connectivity index (χ3v) is 8.99. The zero-order chi connectivity index (χ0) is 38.8. The van der Waals surface area contributed by atoms with Crippen molar-refractivity contribution in [1.29, 1.82) is 0 Å². The second kappa shape index (κ2) is 21.6. The van der Waals surface area contributed by atoms with Gasteiger partial charge in [0.05, 0.1) is 31.9 Å². The van der Waals surface area contributed by atoms with E-state index in [9.17, 15) is 9.59 Å². The number of anilines is 1. The van der Waals surface area contributed by atoms with Gasteiger partial charge in [-0.1, -0.05) is 30.3 Å². The van der Waals surface area contributed by atoms with Crippen LogP contribution in [0.25, 0.3) is 21.8 Å².